The first kappa shape index (κ1) is 15.2. The summed E-state index contributed by atoms with van der Waals surface area (Å²) in [7, 11) is 0. The Balaban J connectivity index is 2.00. The van der Waals surface area contributed by atoms with Crippen LogP contribution in [0.4, 0.5) is 0 Å². The topological polar surface area (TPSA) is 103 Å². The zero-order valence-corrected chi connectivity index (χ0v) is 11.6. The van der Waals surface area contributed by atoms with Crippen molar-refractivity contribution in [2.75, 3.05) is 26.3 Å². The van der Waals surface area contributed by atoms with Gasteiger partial charge in [-0.3, -0.25) is 0 Å². The lowest BCUT2D eigenvalue weighted by Gasteiger charge is -2.36. The molecule has 0 radical (unpaired) electrons. The minimum absolute atomic E-state index is 0.120. The first-order valence-corrected chi connectivity index (χ1v) is 7.15. The third-order valence-electron chi connectivity index (χ3n) is 3.76. The van der Waals surface area contributed by atoms with Crippen molar-refractivity contribution in [3.8, 4) is 0 Å². The average molecular weight is 281 g/mol. The molecular weight excluding hydrogens is 258 g/mol. The van der Waals surface area contributed by atoms with Crippen LogP contribution in [-0.2, 0) is 0 Å². The Morgan fingerprint density at radius 3 is 2.45 bits per heavy atom. The summed E-state index contributed by atoms with van der Waals surface area (Å²) in [5.41, 5.74) is 0. The van der Waals surface area contributed by atoms with Crippen LogP contribution in [0.3, 0.4) is 0 Å². The van der Waals surface area contributed by atoms with E-state index in [2.05, 4.69) is 25.6 Å². The molecule has 0 bridgehead atoms. The Kier molecular flexibility index (Phi) is 6.25. The van der Waals surface area contributed by atoms with Gasteiger partial charge >= 0.3 is 0 Å². The smallest absolute Gasteiger partial charge is 0.136 e. The number of hydrogen-bond acceptors (Lipinski definition) is 7. The predicted molar refractivity (Wildman–Crippen MR) is 74.2 cm³/mol. The van der Waals surface area contributed by atoms with E-state index in [1.165, 1.54) is 12.7 Å². The number of rotatable bonds is 7. The van der Waals surface area contributed by atoms with Crippen LogP contribution in [-0.4, -0.2) is 63.6 Å². The van der Waals surface area contributed by atoms with Crippen molar-refractivity contribution >= 4 is 0 Å². The van der Waals surface area contributed by atoms with Crippen molar-refractivity contribution in [2.45, 2.75) is 37.3 Å². The lowest BCUT2D eigenvalue weighted by molar-refractivity contribution is 0.223. The molecule has 2 rings (SSSR count). The van der Waals surface area contributed by atoms with Gasteiger partial charge in [-0.1, -0.05) is 0 Å². The van der Waals surface area contributed by atoms with Gasteiger partial charge in [0.15, 0.2) is 0 Å². The molecule has 1 aromatic heterocycles. The van der Waals surface area contributed by atoms with Crippen molar-refractivity contribution in [3.63, 3.8) is 0 Å². The fourth-order valence-corrected chi connectivity index (χ4v) is 2.85. The van der Waals surface area contributed by atoms with Crippen molar-refractivity contribution in [1.29, 1.82) is 0 Å². The summed E-state index contributed by atoms with van der Waals surface area (Å²) < 4.78 is 0. The van der Waals surface area contributed by atoms with Crippen LogP contribution < -0.4 is 10.6 Å². The summed E-state index contributed by atoms with van der Waals surface area (Å²) in [6.45, 7) is 1.46. The highest BCUT2D eigenvalue weighted by Gasteiger charge is 2.32. The van der Waals surface area contributed by atoms with Crippen LogP contribution in [0.25, 0.3) is 0 Å². The van der Waals surface area contributed by atoms with E-state index in [0.29, 0.717) is 19.1 Å². The molecule has 3 atom stereocenters. The summed E-state index contributed by atoms with van der Waals surface area (Å²) in [4.78, 5) is 12.4. The van der Waals surface area contributed by atoms with E-state index < -0.39 is 0 Å². The van der Waals surface area contributed by atoms with Crippen molar-refractivity contribution in [3.05, 3.63) is 18.5 Å². The Morgan fingerprint density at radius 2 is 1.75 bits per heavy atom. The van der Waals surface area contributed by atoms with Crippen LogP contribution in [0.5, 0.6) is 0 Å². The van der Waals surface area contributed by atoms with Crippen molar-refractivity contribution in [2.24, 2.45) is 0 Å². The van der Waals surface area contributed by atoms with E-state index in [1.54, 1.807) is 0 Å². The van der Waals surface area contributed by atoms with Crippen molar-refractivity contribution in [1.82, 2.24) is 25.6 Å². The molecule has 0 aliphatic heterocycles. The highest BCUT2D eigenvalue weighted by Crippen LogP contribution is 2.31. The van der Waals surface area contributed by atoms with Gasteiger partial charge in [0.25, 0.3) is 0 Å². The van der Waals surface area contributed by atoms with Crippen LogP contribution >= 0.6 is 0 Å². The summed E-state index contributed by atoms with van der Waals surface area (Å²) in [5.74, 6) is 1.06. The molecular formula is C13H23N5O2. The van der Waals surface area contributed by atoms with Crippen LogP contribution in [0.1, 0.15) is 31.0 Å². The first-order valence-electron chi connectivity index (χ1n) is 7.15. The first-order chi connectivity index (χ1) is 9.85. The van der Waals surface area contributed by atoms with Gasteiger partial charge in [0, 0.05) is 31.1 Å². The molecule has 1 aliphatic carbocycles. The molecule has 1 saturated carbocycles. The number of nitrogens with one attached hydrogen (secondary N) is 2. The maximum atomic E-state index is 9.01. The van der Waals surface area contributed by atoms with E-state index in [1.807, 2.05) is 0 Å². The number of hydrogen-bond donors (Lipinski definition) is 4. The third-order valence-corrected chi connectivity index (χ3v) is 3.76. The standard InChI is InChI=1S/C13H23N5O2/c19-5-3-15-10-1-2-11(12(7-10)16-4-6-20)13-17-8-14-9-18-13/h8-12,15-16,19-20H,1-7H2. The van der Waals surface area contributed by atoms with E-state index in [9.17, 15) is 0 Å². The summed E-state index contributed by atoms with van der Waals surface area (Å²) >= 11 is 0. The Hall–Kier alpha value is -1.15. The fourth-order valence-electron chi connectivity index (χ4n) is 2.85. The fraction of sp³-hybridized carbons (Fsp3) is 0.769. The molecule has 1 aromatic rings. The van der Waals surface area contributed by atoms with Gasteiger partial charge in [0.05, 0.1) is 13.2 Å². The second-order valence-electron chi connectivity index (χ2n) is 5.07. The molecule has 20 heavy (non-hydrogen) atoms. The number of nitrogens with zero attached hydrogens (tertiary/aromatic N) is 3. The molecule has 0 amide bonds. The zero-order chi connectivity index (χ0) is 14.2. The molecule has 1 aliphatic rings. The van der Waals surface area contributed by atoms with Gasteiger partial charge in [-0.2, -0.15) is 0 Å². The summed E-state index contributed by atoms with van der Waals surface area (Å²) in [6.07, 6.45) is 6.02. The highest BCUT2D eigenvalue weighted by molar-refractivity contribution is 5.04. The minimum Gasteiger partial charge on any atom is -0.395 e. The molecule has 7 nitrogen and oxygen atoms in total. The maximum absolute atomic E-state index is 9.01. The molecule has 3 unspecified atom stereocenters. The minimum atomic E-state index is 0.120. The van der Waals surface area contributed by atoms with E-state index in [-0.39, 0.29) is 25.2 Å². The summed E-state index contributed by atoms with van der Waals surface area (Å²) in [5, 5.41) is 24.6. The average Bonchev–Trinajstić information content (AvgIpc) is 2.51. The molecule has 0 aromatic carbocycles. The van der Waals surface area contributed by atoms with E-state index >= 15 is 0 Å². The Morgan fingerprint density at radius 1 is 1.05 bits per heavy atom. The molecule has 1 heterocycles. The number of aliphatic hydroxyl groups excluding tert-OH is 2. The van der Waals surface area contributed by atoms with Gasteiger partial charge in [-0.25, -0.2) is 15.0 Å². The van der Waals surface area contributed by atoms with Crippen LogP contribution in [0.15, 0.2) is 12.7 Å². The molecule has 0 spiro atoms. The molecule has 112 valence electrons. The maximum Gasteiger partial charge on any atom is 0.136 e. The molecule has 4 N–H and O–H groups in total. The van der Waals surface area contributed by atoms with Crippen LogP contribution in [0.2, 0.25) is 0 Å². The van der Waals surface area contributed by atoms with E-state index in [0.717, 1.165) is 25.1 Å². The molecule has 1 fully saturated rings. The SMILES string of the molecule is OCCNC1CCC(c2ncncn2)C(NCCO)C1. The zero-order valence-electron chi connectivity index (χ0n) is 11.6. The van der Waals surface area contributed by atoms with Gasteiger partial charge in [-0.05, 0) is 19.3 Å². The molecule has 7 heteroatoms. The van der Waals surface area contributed by atoms with Crippen molar-refractivity contribution < 1.29 is 10.2 Å². The highest BCUT2D eigenvalue weighted by atomic mass is 16.3. The quantitative estimate of drug-likeness (QED) is 0.510. The third kappa shape index (κ3) is 4.17. The Labute approximate surface area is 118 Å². The second-order valence-corrected chi connectivity index (χ2v) is 5.07. The van der Waals surface area contributed by atoms with Gasteiger partial charge in [-0.15, -0.1) is 0 Å². The van der Waals surface area contributed by atoms with E-state index in [4.69, 9.17) is 10.2 Å². The number of aromatic nitrogens is 3. The Bertz CT molecular complexity index is 378. The van der Waals surface area contributed by atoms with Crippen LogP contribution in [0, 0.1) is 0 Å². The normalized spacial score (nSPS) is 26.6. The second kappa shape index (κ2) is 8.21. The lowest BCUT2D eigenvalue weighted by atomic mass is 9.81. The van der Waals surface area contributed by atoms with Gasteiger partial charge < -0.3 is 20.8 Å². The summed E-state index contributed by atoms with van der Waals surface area (Å²) in [6, 6.07) is 0.617. The largest absolute Gasteiger partial charge is 0.395 e. The van der Waals surface area contributed by atoms with Gasteiger partial charge in [0.1, 0.15) is 18.5 Å². The molecule has 0 saturated heterocycles. The lowest BCUT2D eigenvalue weighted by Crippen LogP contribution is -2.47. The predicted octanol–water partition coefficient (Wildman–Crippen LogP) is -0.960. The monoisotopic (exact) mass is 281 g/mol. The number of aliphatic hydroxyl groups is 2. The van der Waals surface area contributed by atoms with Gasteiger partial charge in [0.2, 0.25) is 0 Å².